The number of nitrogens with zero attached hydrogens (tertiary/aromatic N) is 1. The molecule has 0 radical (unpaired) electrons. The van der Waals surface area contributed by atoms with Crippen LogP contribution in [0, 0.1) is 0 Å². The van der Waals surface area contributed by atoms with Crippen molar-refractivity contribution in [1.82, 2.24) is 4.83 Å². The Balaban J connectivity index is 1.63. The van der Waals surface area contributed by atoms with Gasteiger partial charge in [-0.25, -0.2) is 0 Å². The number of ether oxygens (including phenoxy) is 3. The van der Waals surface area contributed by atoms with Gasteiger partial charge in [0.25, 0.3) is 5.95 Å². The molecule has 3 atom stereocenters. The van der Waals surface area contributed by atoms with Crippen molar-refractivity contribution in [3.63, 3.8) is 0 Å². The van der Waals surface area contributed by atoms with E-state index in [0.29, 0.717) is 34.6 Å². The van der Waals surface area contributed by atoms with Gasteiger partial charge < -0.3 is 28.6 Å². The van der Waals surface area contributed by atoms with Crippen LogP contribution in [0.15, 0.2) is 57.9 Å². The third-order valence-electron chi connectivity index (χ3n) is 6.16. The molecule has 204 valence electrons. The third kappa shape index (κ3) is 6.51. The van der Waals surface area contributed by atoms with Crippen LogP contribution in [0.5, 0.6) is 11.7 Å². The summed E-state index contributed by atoms with van der Waals surface area (Å²) in [5, 5.41) is 10.00. The third-order valence-corrected chi connectivity index (χ3v) is 6.82. The zero-order valence-corrected chi connectivity index (χ0v) is 23.1. The Morgan fingerprint density at radius 2 is 2.05 bits per heavy atom. The lowest BCUT2D eigenvalue weighted by Gasteiger charge is -2.23. The van der Waals surface area contributed by atoms with E-state index in [4.69, 9.17) is 23.5 Å². The van der Waals surface area contributed by atoms with Gasteiger partial charge in [0.2, 0.25) is 0 Å². The molecule has 3 rings (SSSR count). The molecule has 0 amide bonds. The van der Waals surface area contributed by atoms with Gasteiger partial charge in [-0.05, 0) is 37.8 Å². The predicted octanol–water partition coefficient (Wildman–Crippen LogP) is 5.23. The summed E-state index contributed by atoms with van der Waals surface area (Å²) < 4.78 is 33.1. The Labute approximate surface area is 223 Å². The number of rotatable bonds is 13. The molecule has 1 aliphatic carbocycles. The van der Waals surface area contributed by atoms with Crippen LogP contribution in [0.25, 0.3) is 0 Å². The fraction of sp³-hybridized carbons (Fsp3) is 0.407. The van der Waals surface area contributed by atoms with Crippen molar-refractivity contribution in [1.29, 1.82) is 0 Å². The number of para-hydroxylation sites is 1. The van der Waals surface area contributed by atoms with Gasteiger partial charge in [-0.1, -0.05) is 36.8 Å². The summed E-state index contributed by atoms with van der Waals surface area (Å²) in [5.74, 6) is -0.530. The first-order valence-electron chi connectivity index (χ1n) is 12.2. The number of ketones is 1. The molecule has 2 aromatic rings. The van der Waals surface area contributed by atoms with Gasteiger partial charge in [0.05, 0.1) is 38.0 Å². The average Bonchev–Trinajstić information content (AvgIpc) is 3.30. The van der Waals surface area contributed by atoms with Gasteiger partial charge in [-0.2, -0.15) is 0 Å². The van der Waals surface area contributed by atoms with Gasteiger partial charge in [-0.3, -0.25) is 9.59 Å². The Morgan fingerprint density at radius 1 is 1.32 bits per heavy atom. The fourth-order valence-electron chi connectivity index (χ4n) is 4.08. The number of hydrogen-bond donors (Lipinski definition) is 1. The number of hydrogen-bond acceptors (Lipinski definition) is 9. The minimum absolute atomic E-state index is 0.178. The zero-order valence-electron chi connectivity index (χ0n) is 22.1. The van der Waals surface area contributed by atoms with Crippen molar-refractivity contribution < 1.29 is 42.7 Å². The van der Waals surface area contributed by atoms with Crippen molar-refractivity contribution in [2.75, 3.05) is 20.3 Å². The highest BCUT2D eigenvalue weighted by atomic mass is 31.1. The minimum atomic E-state index is -1.02. The largest absolute Gasteiger partial charge is 0.500 e. The predicted molar refractivity (Wildman–Crippen MR) is 139 cm³/mol. The normalized spacial score (nSPS) is 16.5. The molecule has 1 heterocycles. The topological polar surface area (TPSA) is 125 Å². The van der Waals surface area contributed by atoms with E-state index >= 15 is 0 Å². The number of aromatic hydroxyl groups is 1. The van der Waals surface area contributed by atoms with E-state index < -0.39 is 20.6 Å². The lowest BCUT2D eigenvalue weighted by molar-refractivity contribution is -0.153. The number of methoxy groups -OCH3 is 1. The molecule has 0 fully saturated rings. The molecule has 0 aliphatic heterocycles. The fourth-order valence-corrected chi connectivity index (χ4v) is 4.48. The lowest BCUT2D eigenvalue weighted by atomic mass is 9.83. The molecule has 0 bridgehead atoms. The van der Waals surface area contributed by atoms with E-state index in [1.165, 1.54) is 13.4 Å². The minimum Gasteiger partial charge on any atom is -0.500 e. The Kier molecular flexibility index (Phi) is 10.2. The molecule has 0 spiro atoms. The SMILES string of the molecule is CCOC(=O)C(C)N(Oc1ccccc1COCC(C)=CCC1=C(OC)C(C)c2coc(O)c2C1=O)[PH+]=O. The van der Waals surface area contributed by atoms with Crippen molar-refractivity contribution in [2.24, 2.45) is 0 Å². The summed E-state index contributed by atoms with van der Waals surface area (Å²) in [7, 11) is 0.498. The van der Waals surface area contributed by atoms with Gasteiger partial charge in [-0.15, -0.1) is 0 Å². The maximum absolute atomic E-state index is 13.0. The standard InChI is InChI=1S/C27H32NO9P/c1-6-35-26(30)18(4)28(38-32)37-22-10-8-7-9-19(22)14-34-13-16(2)11-12-20-24(29)23-21(15-36-27(23)31)17(3)25(20)33-5/h7-11,15,17-18,31H,6,12-14H2,1-5H3/p+1. The highest BCUT2D eigenvalue weighted by Crippen LogP contribution is 2.42. The number of Topliss-reactive ketones (excluding diaryl/α,β-unsaturated/α-hetero) is 1. The molecule has 0 saturated carbocycles. The van der Waals surface area contributed by atoms with Crippen LogP contribution >= 0.6 is 8.61 Å². The molecule has 1 N–H and O–H groups in total. The van der Waals surface area contributed by atoms with Gasteiger partial charge >= 0.3 is 14.6 Å². The first-order valence-corrected chi connectivity index (χ1v) is 13.0. The van der Waals surface area contributed by atoms with Crippen LogP contribution < -0.4 is 4.84 Å². The number of fused-ring (bicyclic) bond motifs is 1. The number of hydroxylamine groups is 1. The molecular weight excluding hydrogens is 513 g/mol. The van der Waals surface area contributed by atoms with Crippen LogP contribution in [0.3, 0.4) is 0 Å². The van der Waals surface area contributed by atoms with Crippen LogP contribution in [0.2, 0.25) is 0 Å². The van der Waals surface area contributed by atoms with Gasteiger partial charge in [0, 0.05) is 22.6 Å². The van der Waals surface area contributed by atoms with Crippen molar-refractivity contribution >= 4 is 20.4 Å². The second-order valence-corrected chi connectivity index (χ2v) is 9.38. The van der Waals surface area contributed by atoms with E-state index in [2.05, 4.69) is 0 Å². The van der Waals surface area contributed by atoms with Gasteiger partial charge in [0.1, 0.15) is 11.3 Å². The number of furan rings is 1. The summed E-state index contributed by atoms with van der Waals surface area (Å²) in [4.78, 5) is 31.8. The van der Waals surface area contributed by atoms with E-state index in [0.717, 1.165) is 10.4 Å². The second-order valence-electron chi connectivity index (χ2n) is 8.76. The molecule has 1 aromatic heterocycles. The molecular formula is C27H33NO9P+. The molecule has 3 unspecified atom stereocenters. The number of allylic oxidation sites excluding steroid dienone is 3. The molecule has 0 saturated heterocycles. The maximum atomic E-state index is 13.0. The Bertz CT molecular complexity index is 1230. The van der Waals surface area contributed by atoms with Crippen LogP contribution in [-0.4, -0.2) is 48.1 Å². The Hall–Kier alpha value is -3.46. The average molecular weight is 547 g/mol. The van der Waals surface area contributed by atoms with Gasteiger partial charge in [0.15, 0.2) is 17.6 Å². The van der Waals surface area contributed by atoms with Crippen molar-refractivity contribution in [3.8, 4) is 11.7 Å². The van der Waals surface area contributed by atoms with Crippen molar-refractivity contribution in [2.45, 2.75) is 52.7 Å². The molecule has 10 nitrogen and oxygen atoms in total. The molecule has 1 aromatic carbocycles. The van der Waals surface area contributed by atoms with Crippen LogP contribution in [-0.2, 0) is 30.2 Å². The van der Waals surface area contributed by atoms with E-state index in [1.54, 1.807) is 26.0 Å². The van der Waals surface area contributed by atoms with Crippen LogP contribution in [0.1, 0.15) is 61.5 Å². The first kappa shape index (κ1) is 29.1. The first-order chi connectivity index (χ1) is 18.2. The maximum Gasteiger partial charge on any atom is 0.457 e. The number of benzene rings is 1. The van der Waals surface area contributed by atoms with Crippen LogP contribution in [0.4, 0.5) is 0 Å². The summed E-state index contributed by atoms with van der Waals surface area (Å²) in [6.45, 7) is 7.70. The number of esters is 1. The van der Waals surface area contributed by atoms with E-state index in [-0.39, 0.29) is 43.0 Å². The zero-order chi connectivity index (χ0) is 27.8. The van der Waals surface area contributed by atoms with Crippen molar-refractivity contribution in [3.05, 3.63) is 70.2 Å². The molecule has 11 heteroatoms. The highest BCUT2D eigenvalue weighted by Gasteiger charge is 2.36. The molecule has 38 heavy (non-hydrogen) atoms. The molecule has 1 aliphatic rings. The second kappa shape index (κ2) is 13.4. The summed E-state index contributed by atoms with van der Waals surface area (Å²) >= 11 is 0. The highest BCUT2D eigenvalue weighted by molar-refractivity contribution is 7.20. The number of carbonyl (C=O) groups is 2. The van der Waals surface area contributed by atoms with E-state index in [1.807, 2.05) is 32.1 Å². The smallest absolute Gasteiger partial charge is 0.457 e. The summed E-state index contributed by atoms with van der Waals surface area (Å²) in [6.07, 6.45) is 3.56. The monoisotopic (exact) mass is 546 g/mol. The quantitative estimate of drug-likeness (QED) is 0.155. The Morgan fingerprint density at radius 3 is 2.74 bits per heavy atom. The number of carbonyl (C=O) groups excluding carboxylic acids is 2. The summed E-state index contributed by atoms with van der Waals surface area (Å²) in [6, 6.07) is 6.22. The summed E-state index contributed by atoms with van der Waals surface area (Å²) in [5.41, 5.74) is 2.82. The lowest BCUT2D eigenvalue weighted by Crippen LogP contribution is -2.36. The van der Waals surface area contributed by atoms with E-state index in [9.17, 15) is 19.3 Å².